The fourth-order valence-electron chi connectivity index (χ4n) is 2.52. The summed E-state index contributed by atoms with van der Waals surface area (Å²) in [4.78, 5) is 35.4. The smallest absolute Gasteiger partial charge is 0.338 e. The van der Waals surface area contributed by atoms with Crippen molar-refractivity contribution in [1.82, 2.24) is 0 Å². The minimum Gasteiger partial charge on any atom is -0.465 e. The van der Waals surface area contributed by atoms with E-state index in [4.69, 9.17) is 0 Å². The number of methoxy groups -OCH3 is 1. The van der Waals surface area contributed by atoms with E-state index >= 15 is 0 Å². The number of ketones is 1. The van der Waals surface area contributed by atoms with Gasteiger partial charge in [0, 0.05) is 23.2 Å². The number of nitrogens with zero attached hydrogens (tertiary/aromatic N) is 1. The largest absolute Gasteiger partial charge is 0.465 e. The molecule has 0 amide bonds. The number of nitro benzene ring substituents is 1. The van der Waals surface area contributed by atoms with Crippen LogP contribution in [0.15, 0.2) is 42.5 Å². The summed E-state index contributed by atoms with van der Waals surface area (Å²) in [5.74, 6) is -1.10. The number of nitrogens with one attached hydrogen (secondary N) is 1. The minimum atomic E-state index is -0.634. The van der Waals surface area contributed by atoms with Crippen LogP contribution in [0.3, 0.4) is 0 Å². The van der Waals surface area contributed by atoms with Gasteiger partial charge in [-0.2, -0.15) is 0 Å². The van der Waals surface area contributed by atoms with Crippen molar-refractivity contribution < 1.29 is 19.2 Å². The third kappa shape index (κ3) is 3.50. The van der Waals surface area contributed by atoms with Crippen LogP contribution in [0.25, 0.3) is 0 Å². The van der Waals surface area contributed by atoms with Crippen LogP contribution in [0.4, 0.5) is 11.4 Å². The molecule has 0 unspecified atom stereocenters. The molecule has 0 radical (unpaired) electrons. The van der Waals surface area contributed by atoms with Crippen molar-refractivity contribution in [1.29, 1.82) is 0 Å². The minimum absolute atomic E-state index is 0.123. The van der Waals surface area contributed by atoms with Gasteiger partial charge in [0.25, 0.3) is 5.69 Å². The van der Waals surface area contributed by atoms with Crippen LogP contribution in [-0.4, -0.2) is 29.8 Å². The van der Waals surface area contributed by atoms with E-state index < -0.39 is 16.7 Å². The molecule has 0 heterocycles. The van der Waals surface area contributed by atoms with E-state index in [2.05, 4.69) is 10.1 Å². The lowest BCUT2D eigenvalue weighted by Crippen LogP contribution is -2.12. The van der Waals surface area contributed by atoms with Gasteiger partial charge in [0.2, 0.25) is 0 Å². The molecule has 2 aromatic carbocycles. The molecule has 7 heteroatoms. The summed E-state index contributed by atoms with van der Waals surface area (Å²) in [5, 5.41) is 14.4. The number of carbonyl (C=O) groups is 2. The van der Waals surface area contributed by atoms with Gasteiger partial charge in [0.1, 0.15) is 5.69 Å². The molecule has 1 aliphatic carbocycles. The zero-order valence-electron chi connectivity index (χ0n) is 13.5. The standard InChI is InChI=1S/C18H16N2O5/c1-25-18(22)14-5-3-2-4-13(14)17(21)11-6-9-15(19-12-7-8-12)16(10-11)20(23)24/h2-6,9-10,12,19H,7-8H2,1H3. The van der Waals surface area contributed by atoms with Crippen LogP contribution < -0.4 is 5.32 Å². The first-order valence-corrected chi connectivity index (χ1v) is 7.78. The zero-order valence-corrected chi connectivity index (χ0v) is 13.5. The zero-order chi connectivity index (χ0) is 18.0. The van der Waals surface area contributed by atoms with Crippen molar-refractivity contribution in [3.63, 3.8) is 0 Å². The molecule has 2 aromatic rings. The second-order valence-electron chi connectivity index (χ2n) is 5.77. The summed E-state index contributed by atoms with van der Waals surface area (Å²) in [6.07, 6.45) is 1.95. The number of hydrogen-bond donors (Lipinski definition) is 1. The molecule has 128 valence electrons. The quantitative estimate of drug-likeness (QED) is 0.375. The van der Waals surface area contributed by atoms with Crippen LogP contribution >= 0.6 is 0 Å². The van der Waals surface area contributed by atoms with E-state index in [1.807, 2.05) is 0 Å². The fourth-order valence-corrected chi connectivity index (χ4v) is 2.52. The van der Waals surface area contributed by atoms with E-state index in [0.717, 1.165) is 12.8 Å². The number of benzene rings is 2. The summed E-state index contributed by atoms with van der Waals surface area (Å²) in [5.41, 5.74) is 0.646. The topological polar surface area (TPSA) is 98.5 Å². The van der Waals surface area contributed by atoms with Crippen molar-refractivity contribution in [3.8, 4) is 0 Å². The van der Waals surface area contributed by atoms with E-state index in [0.29, 0.717) is 5.69 Å². The third-order valence-corrected chi connectivity index (χ3v) is 3.97. The van der Waals surface area contributed by atoms with Gasteiger partial charge >= 0.3 is 5.97 Å². The Balaban J connectivity index is 1.99. The molecule has 25 heavy (non-hydrogen) atoms. The van der Waals surface area contributed by atoms with Crippen molar-refractivity contribution >= 4 is 23.1 Å². The van der Waals surface area contributed by atoms with Gasteiger partial charge in [0.15, 0.2) is 5.78 Å². The number of nitro groups is 1. The van der Waals surface area contributed by atoms with E-state index in [1.54, 1.807) is 12.1 Å². The average Bonchev–Trinajstić information content (AvgIpc) is 3.44. The van der Waals surface area contributed by atoms with E-state index in [9.17, 15) is 19.7 Å². The highest BCUT2D eigenvalue weighted by molar-refractivity contribution is 6.14. The van der Waals surface area contributed by atoms with Crippen molar-refractivity contribution in [2.24, 2.45) is 0 Å². The lowest BCUT2D eigenvalue weighted by Gasteiger charge is -2.09. The van der Waals surface area contributed by atoms with Crippen LogP contribution in [0.5, 0.6) is 0 Å². The summed E-state index contributed by atoms with van der Waals surface area (Å²) in [6, 6.07) is 10.8. The summed E-state index contributed by atoms with van der Waals surface area (Å²) >= 11 is 0. The number of esters is 1. The molecule has 0 aromatic heterocycles. The second-order valence-corrected chi connectivity index (χ2v) is 5.77. The maximum absolute atomic E-state index is 12.8. The van der Waals surface area contributed by atoms with Crippen molar-refractivity contribution in [2.75, 3.05) is 12.4 Å². The van der Waals surface area contributed by atoms with Gasteiger partial charge in [-0.15, -0.1) is 0 Å². The second kappa shape index (κ2) is 6.72. The van der Waals surface area contributed by atoms with E-state index in [-0.39, 0.29) is 28.4 Å². The first kappa shape index (κ1) is 16.6. The summed E-state index contributed by atoms with van der Waals surface area (Å²) < 4.78 is 4.69. The van der Waals surface area contributed by atoms with Gasteiger partial charge in [-0.05, 0) is 31.0 Å². The predicted molar refractivity (Wildman–Crippen MR) is 91.0 cm³/mol. The molecular formula is C18H16N2O5. The summed E-state index contributed by atoms with van der Waals surface area (Å²) in [7, 11) is 1.23. The van der Waals surface area contributed by atoms with Gasteiger partial charge in [-0.1, -0.05) is 18.2 Å². The van der Waals surface area contributed by atoms with Gasteiger partial charge in [-0.3, -0.25) is 14.9 Å². The Morgan fingerprint density at radius 3 is 2.44 bits per heavy atom. The van der Waals surface area contributed by atoms with Gasteiger partial charge in [0.05, 0.1) is 17.6 Å². The molecule has 1 aliphatic rings. The Morgan fingerprint density at radius 2 is 1.84 bits per heavy atom. The SMILES string of the molecule is COC(=O)c1ccccc1C(=O)c1ccc(NC2CC2)c([N+](=O)[O-])c1. The van der Waals surface area contributed by atoms with Crippen LogP contribution in [-0.2, 0) is 4.74 Å². The monoisotopic (exact) mass is 340 g/mol. The molecule has 3 rings (SSSR count). The highest BCUT2D eigenvalue weighted by atomic mass is 16.6. The number of ether oxygens (including phenoxy) is 1. The molecule has 0 spiro atoms. The lowest BCUT2D eigenvalue weighted by atomic mass is 9.97. The molecule has 1 fully saturated rings. The highest BCUT2D eigenvalue weighted by Gasteiger charge is 2.26. The maximum atomic E-state index is 12.8. The highest BCUT2D eigenvalue weighted by Crippen LogP contribution is 2.32. The van der Waals surface area contributed by atoms with Crippen molar-refractivity contribution in [2.45, 2.75) is 18.9 Å². The lowest BCUT2D eigenvalue weighted by molar-refractivity contribution is -0.384. The van der Waals surface area contributed by atoms with Gasteiger partial charge in [-0.25, -0.2) is 4.79 Å². The Morgan fingerprint density at radius 1 is 1.16 bits per heavy atom. The number of anilines is 1. The van der Waals surface area contributed by atoms with Crippen LogP contribution in [0, 0.1) is 10.1 Å². The maximum Gasteiger partial charge on any atom is 0.338 e. The average molecular weight is 340 g/mol. The number of rotatable bonds is 6. The van der Waals surface area contributed by atoms with E-state index in [1.165, 1.54) is 37.4 Å². The number of hydrogen-bond acceptors (Lipinski definition) is 6. The first-order chi connectivity index (χ1) is 12.0. The molecule has 1 N–H and O–H groups in total. The molecule has 0 bridgehead atoms. The van der Waals surface area contributed by atoms with Crippen molar-refractivity contribution in [3.05, 3.63) is 69.3 Å². The normalized spacial score (nSPS) is 13.2. The molecule has 0 aliphatic heterocycles. The first-order valence-electron chi connectivity index (χ1n) is 7.78. The predicted octanol–water partition coefficient (Wildman–Crippen LogP) is 3.19. The Hall–Kier alpha value is -3.22. The molecule has 7 nitrogen and oxygen atoms in total. The Bertz CT molecular complexity index is 858. The molecule has 0 saturated heterocycles. The van der Waals surface area contributed by atoms with Crippen LogP contribution in [0.2, 0.25) is 0 Å². The Labute approximate surface area is 143 Å². The molecule has 1 saturated carbocycles. The molecule has 0 atom stereocenters. The van der Waals surface area contributed by atoms with Crippen LogP contribution in [0.1, 0.15) is 39.1 Å². The Kier molecular flexibility index (Phi) is 4.47. The molecular weight excluding hydrogens is 324 g/mol. The van der Waals surface area contributed by atoms with Gasteiger partial charge < -0.3 is 10.1 Å². The summed E-state index contributed by atoms with van der Waals surface area (Å²) in [6.45, 7) is 0. The number of carbonyl (C=O) groups excluding carboxylic acids is 2. The third-order valence-electron chi connectivity index (χ3n) is 3.97. The fraction of sp³-hybridized carbons (Fsp3) is 0.222.